The molecule has 0 aromatic heterocycles. The highest BCUT2D eigenvalue weighted by Gasteiger charge is 2.24. The lowest BCUT2D eigenvalue weighted by Gasteiger charge is -2.22. The van der Waals surface area contributed by atoms with Gasteiger partial charge in [0.25, 0.3) is 5.91 Å². The second-order valence-corrected chi connectivity index (χ2v) is 8.73. The molecule has 0 saturated heterocycles. The smallest absolute Gasteiger partial charge is 0.251 e. The third-order valence-electron chi connectivity index (χ3n) is 4.84. The van der Waals surface area contributed by atoms with E-state index < -0.39 is 6.04 Å². The van der Waals surface area contributed by atoms with Gasteiger partial charge in [-0.1, -0.05) is 76.6 Å². The van der Waals surface area contributed by atoms with E-state index in [1.165, 1.54) is 11.1 Å². The number of carbonyl (C=O) groups is 2. The van der Waals surface area contributed by atoms with Crippen molar-refractivity contribution in [2.75, 3.05) is 0 Å². The molecular formula is C24H32N2O2. The number of amides is 2. The summed E-state index contributed by atoms with van der Waals surface area (Å²) in [5, 5.41) is 5.82. The monoisotopic (exact) mass is 380 g/mol. The molecule has 0 saturated carbocycles. The van der Waals surface area contributed by atoms with Crippen LogP contribution in [0.4, 0.5) is 0 Å². The number of aryl methyl sites for hydroxylation is 1. The van der Waals surface area contributed by atoms with Gasteiger partial charge in [-0.25, -0.2) is 0 Å². The normalized spacial score (nSPS) is 12.5. The first kappa shape index (κ1) is 21.7. The van der Waals surface area contributed by atoms with Crippen molar-refractivity contribution in [3.63, 3.8) is 0 Å². The maximum Gasteiger partial charge on any atom is 0.251 e. The highest BCUT2D eigenvalue weighted by atomic mass is 16.2. The molecule has 2 amide bonds. The van der Waals surface area contributed by atoms with Gasteiger partial charge >= 0.3 is 0 Å². The molecular weight excluding hydrogens is 348 g/mol. The molecule has 1 atom stereocenters. The Balaban J connectivity index is 2.01. The number of benzene rings is 2. The summed E-state index contributed by atoms with van der Waals surface area (Å²) in [6, 6.07) is 15.0. The maximum absolute atomic E-state index is 12.7. The quantitative estimate of drug-likeness (QED) is 0.782. The Labute approximate surface area is 168 Å². The second kappa shape index (κ2) is 9.05. The predicted molar refractivity (Wildman–Crippen MR) is 114 cm³/mol. The van der Waals surface area contributed by atoms with Gasteiger partial charge < -0.3 is 10.6 Å². The third-order valence-corrected chi connectivity index (χ3v) is 4.84. The Hall–Kier alpha value is -2.62. The van der Waals surface area contributed by atoms with Crippen molar-refractivity contribution in [2.45, 2.75) is 59.5 Å². The average molecular weight is 381 g/mol. The Morgan fingerprint density at radius 2 is 1.50 bits per heavy atom. The van der Waals surface area contributed by atoms with E-state index in [1.54, 1.807) is 0 Å². The van der Waals surface area contributed by atoms with Crippen LogP contribution in [0.5, 0.6) is 0 Å². The van der Waals surface area contributed by atoms with Crippen LogP contribution < -0.4 is 10.6 Å². The van der Waals surface area contributed by atoms with Gasteiger partial charge in [0.1, 0.15) is 6.04 Å². The van der Waals surface area contributed by atoms with Crippen LogP contribution in [-0.2, 0) is 16.8 Å². The van der Waals surface area contributed by atoms with Crippen LogP contribution in [0.2, 0.25) is 0 Å². The highest BCUT2D eigenvalue weighted by Crippen LogP contribution is 2.22. The van der Waals surface area contributed by atoms with Gasteiger partial charge in [-0.05, 0) is 41.5 Å². The SMILES string of the molecule is Cc1ccc(CNC(=O)[C@H](NC(=O)c2ccc(C(C)(C)C)cc2)C(C)C)cc1. The predicted octanol–water partition coefficient (Wildman–Crippen LogP) is 4.36. The van der Waals surface area contributed by atoms with Crippen molar-refractivity contribution >= 4 is 11.8 Å². The Morgan fingerprint density at radius 3 is 2.00 bits per heavy atom. The summed E-state index contributed by atoms with van der Waals surface area (Å²) < 4.78 is 0. The topological polar surface area (TPSA) is 58.2 Å². The summed E-state index contributed by atoms with van der Waals surface area (Å²) in [6.07, 6.45) is 0. The van der Waals surface area contributed by atoms with Crippen molar-refractivity contribution in [1.29, 1.82) is 0 Å². The van der Waals surface area contributed by atoms with Crippen LogP contribution in [-0.4, -0.2) is 17.9 Å². The van der Waals surface area contributed by atoms with Gasteiger partial charge in [0.2, 0.25) is 5.91 Å². The minimum absolute atomic E-state index is 0.0178. The zero-order valence-corrected chi connectivity index (χ0v) is 17.8. The van der Waals surface area contributed by atoms with Gasteiger partial charge in [0, 0.05) is 12.1 Å². The van der Waals surface area contributed by atoms with Gasteiger partial charge in [0.05, 0.1) is 0 Å². The summed E-state index contributed by atoms with van der Waals surface area (Å²) in [7, 11) is 0. The highest BCUT2D eigenvalue weighted by molar-refractivity contribution is 5.97. The molecule has 2 aromatic carbocycles. The minimum Gasteiger partial charge on any atom is -0.350 e. The zero-order chi connectivity index (χ0) is 20.9. The Kier molecular flexibility index (Phi) is 7.00. The third kappa shape index (κ3) is 5.95. The molecule has 0 bridgehead atoms. The number of rotatable bonds is 6. The second-order valence-electron chi connectivity index (χ2n) is 8.73. The van der Waals surface area contributed by atoms with Crippen molar-refractivity contribution in [1.82, 2.24) is 10.6 Å². The van der Waals surface area contributed by atoms with E-state index in [2.05, 4.69) is 31.4 Å². The van der Waals surface area contributed by atoms with Crippen molar-refractivity contribution in [2.24, 2.45) is 5.92 Å². The maximum atomic E-state index is 12.7. The lowest BCUT2D eigenvalue weighted by atomic mass is 9.86. The Morgan fingerprint density at radius 1 is 0.929 bits per heavy atom. The largest absolute Gasteiger partial charge is 0.350 e. The summed E-state index contributed by atoms with van der Waals surface area (Å²) in [4.78, 5) is 25.3. The fourth-order valence-electron chi connectivity index (χ4n) is 2.89. The van der Waals surface area contributed by atoms with Crippen LogP contribution >= 0.6 is 0 Å². The molecule has 0 unspecified atom stereocenters. The standard InChI is InChI=1S/C24H32N2O2/c1-16(2)21(23(28)25-15-18-9-7-17(3)8-10-18)26-22(27)19-11-13-20(14-12-19)24(4,5)6/h7-14,16,21H,15H2,1-6H3,(H,25,28)(H,26,27)/t21-/m1/s1. The molecule has 0 aliphatic rings. The molecule has 0 radical (unpaired) electrons. The number of hydrogen-bond acceptors (Lipinski definition) is 2. The summed E-state index contributed by atoms with van der Waals surface area (Å²) >= 11 is 0. The molecule has 2 rings (SSSR count). The van der Waals surface area contributed by atoms with Crippen molar-refractivity contribution in [3.05, 3.63) is 70.8 Å². The summed E-state index contributed by atoms with van der Waals surface area (Å²) in [6.45, 7) is 12.7. The van der Waals surface area contributed by atoms with E-state index in [4.69, 9.17) is 0 Å². The van der Waals surface area contributed by atoms with E-state index in [9.17, 15) is 9.59 Å². The lowest BCUT2D eigenvalue weighted by Crippen LogP contribution is -2.49. The van der Waals surface area contributed by atoms with Crippen molar-refractivity contribution < 1.29 is 9.59 Å². The number of carbonyl (C=O) groups excluding carboxylic acids is 2. The molecule has 2 N–H and O–H groups in total. The van der Waals surface area contributed by atoms with E-state index in [0.29, 0.717) is 12.1 Å². The van der Waals surface area contributed by atoms with Gasteiger partial charge in [-0.15, -0.1) is 0 Å². The van der Waals surface area contributed by atoms with Crippen LogP contribution in [0.25, 0.3) is 0 Å². The molecule has 28 heavy (non-hydrogen) atoms. The molecule has 0 spiro atoms. The number of nitrogens with one attached hydrogen (secondary N) is 2. The van der Waals surface area contributed by atoms with Crippen LogP contribution in [0.1, 0.15) is 61.7 Å². The first-order valence-electron chi connectivity index (χ1n) is 9.82. The zero-order valence-electron chi connectivity index (χ0n) is 17.8. The van der Waals surface area contributed by atoms with Gasteiger partial charge in [-0.2, -0.15) is 0 Å². The minimum atomic E-state index is -0.583. The van der Waals surface area contributed by atoms with E-state index >= 15 is 0 Å². The van der Waals surface area contributed by atoms with Crippen molar-refractivity contribution in [3.8, 4) is 0 Å². The molecule has 0 heterocycles. The van der Waals surface area contributed by atoms with Crippen LogP contribution in [0.3, 0.4) is 0 Å². The van der Waals surface area contributed by atoms with E-state index in [1.807, 2.05) is 69.3 Å². The van der Waals surface area contributed by atoms with Gasteiger partial charge in [-0.3, -0.25) is 9.59 Å². The molecule has 150 valence electrons. The fraction of sp³-hybridized carbons (Fsp3) is 0.417. The number of hydrogen-bond donors (Lipinski definition) is 2. The van der Waals surface area contributed by atoms with E-state index in [0.717, 1.165) is 5.56 Å². The summed E-state index contributed by atoms with van der Waals surface area (Å²) in [5.41, 5.74) is 3.97. The van der Waals surface area contributed by atoms with E-state index in [-0.39, 0.29) is 23.1 Å². The van der Waals surface area contributed by atoms with Gasteiger partial charge in [0.15, 0.2) is 0 Å². The first-order chi connectivity index (χ1) is 13.1. The molecule has 0 fully saturated rings. The molecule has 4 heteroatoms. The molecule has 2 aromatic rings. The average Bonchev–Trinajstić information content (AvgIpc) is 2.64. The Bertz CT molecular complexity index is 800. The first-order valence-corrected chi connectivity index (χ1v) is 9.82. The molecule has 0 aliphatic carbocycles. The van der Waals surface area contributed by atoms with Crippen LogP contribution in [0, 0.1) is 12.8 Å². The molecule has 0 aliphatic heterocycles. The lowest BCUT2D eigenvalue weighted by molar-refractivity contribution is -0.124. The molecule has 4 nitrogen and oxygen atoms in total. The van der Waals surface area contributed by atoms with Crippen LogP contribution in [0.15, 0.2) is 48.5 Å². The summed E-state index contributed by atoms with van der Waals surface area (Å²) in [5.74, 6) is -0.421. The fourth-order valence-corrected chi connectivity index (χ4v) is 2.89.